The standard InChI is InChI=1S/C22H27N5O4/c1-13(2)27-20(9-10-23-27)26-14(3)11-18(16(26)5)7-8-21(28)30-17(6)22(29)24-19-12-15(4)31-25-19/h7-13,17H,1-6H3,(H,24,25,29)/b8-7+/t17-/m1/s1. The molecule has 0 spiro atoms. The summed E-state index contributed by atoms with van der Waals surface area (Å²) in [6.45, 7) is 11.3. The number of esters is 1. The minimum absolute atomic E-state index is 0.217. The van der Waals surface area contributed by atoms with E-state index >= 15 is 0 Å². The maximum Gasteiger partial charge on any atom is 0.331 e. The summed E-state index contributed by atoms with van der Waals surface area (Å²) in [5.41, 5.74) is 2.86. The third kappa shape index (κ3) is 4.93. The second kappa shape index (κ2) is 9.03. The maximum atomic E-state index is 12.2. The van der Waals surface area contributed by atoms with Gasteiger partial charge in [0, 0.05) is 35.6 Å². The number of hydrogen-bond acceptors (Lipinski definition) is 6. The number of amides is 1. The van der Waals surface area contributed by atoms with E-state index in [0.717, 1.165) is 22.8 Å². The Hall–Kier alpha value is -3.62. The van der Waals surface area contributed by atoms with Crippen LogP contribution in [0.5, 0.6) is 0 Å². The zero-order valence-corrected chi connectivity index (χ0v) is 18.5. The van der Waals surface area contributed by atoms with Gasteiger partial charge in [-0.05, 0) is 59.2 Å². The minimum Gasteiger partial charge on any atom is -0.449 e. The van der Waals surface area contributed by atoms with Gasteiger partial charge in [0.05, 0.1) is 6.20 Å². The van der Waals surface area contributed by atoms with Gasteiger partial charge in [0.2, 0.25) is 0 Å². The molecule has 1 N–H and O–H groups in total. The molecular weight excluding hydrogens is 398 g/mol. The number of ether oxygens (including phenoxy) is 1. The molecule has 0 aliphatic rings. The van der Waals surface area contributed by atoms with Crippen LogP contribution in [0.15, 0.2) is 35.0 Å². The molecule has 0 saturated carbocycles. The highest BCUT2D eigenvalue weighted by atomic mass is 16.5. The van der Waals surface area contributed by atoms with Crippen LogP contribution in [0.3, 0.4) is 0 Å². The van der Waals surface area contributed by atoms with Crippen LogP contribution in [-0.2, 0) is 14.3 Å². The monoisotopic (exact) mass is 425 g/mol. The number of nitrogens with one attached hydrogen (secondary N) is 1. The topological polar surface area (TPSA) is 104 Å². The molecule has 0 aliphatic heterocycles. The van der Waals surface area contributed by atoms with E-state index in [4.69, 9.17) is 9.26 Å². The Kier molecular flexibility index (Phi) is 6.43. The summed E-state index contributed by atoms with van der Waals surface area (Å²) in [4.78, 5) is 24.4. The molecule has 3 heterocycles. The third-order valence-corrected chi connectivity index (χ3v) is 4.78. The minimum atomic E-state index is -0.984. The Morgan fingerprint density at radius 3 is 2.58 bits per heavy atom. The van der Waals surface area contributed by atoms with Crippen molar-refractivity contribution in [2.45, 2.75) is 53.7 Å². The third-order valence-electron chi connectivity index (χ3n) is 4.78. The summed E-state index contributed by atoms with van der Waals surface area (Å²) >= 11 is 0. The quantitative estimate of drug-likeness (QED) is 0.457. The number of aryl methyl sites for hydroxylation is 2. The molecule has 164 valence electrons. The highest BCUT2D eigenvalue weighted by Gasteiger charge is 2.19. The number of aromatic nitrogens is 4. The fourth-order valence-electron chi connectivity index (χ4n) is 3.27. The number of anilines is 1. The van der Waals surface area contributed by atoms with E-state index in [-0.39, 0.29) is 11.9 Å². The van der Waals surface area contributed by atoms with Gasteiger partial charge in [-0.25, -0.2) is 9.48 Å². The van der Waals surface area contributed by atoms with E-state index in [1.54, 1.807) is 25.3 Å². The fraction of sp³-hybridized carbons (Fsp3) is 0.364. The number of carbonyl (C=O) groups is 2. The lowest BCUT2D eigenvalue weighted by Crippen LogP contribution is -2.29. The largest absolute Gasteiger partial charge is 0.449 e. The Labute approximate surface area is 180 Å². The van der Waals surface area contributed by atoms with E-state index in [1.807, 2.05) is 30.7 Å². The average Bonchev–Trinajstić information content (AvgIpc) is 3.39. The molecular formula is C22H27N5O4. The molecule has 0 aromatic carbocycles. The van der Waals surface area contributed by atoms with Gasteiger partial charge in [0.1, 0.15) is 11.6 Å². The van der Waals surface area contributed by atoms with Crippen LogP contribution in [0.1, 0.15) is 49.5 Å². The van der Waals surface area contributed by atoms with Gasteiger partial charge in [0.25, 0.3) is 5.91 Å². The van der Waals surface area contributed by atoms with Gasteiger partial charge < -0.3 is 19.1 Å². The van der Waals surface area contributed by atoms with Crippen molar-refractivity contribution in [1.29, 1.82) is 0 Å². The number of hydrogen-bond donors (Lipinski definition) is 1. The molecule has 1 atom stereocenters. The lowest BCUT2D eigenvalue weighted by molar-refractivity contribution is -0.148. The van der Waals surface area contributed by atoms with Crippen LogP contribution in [0.25, 0.3) is 11.9 Å². The van der Waals surface area contributed by atoms with Crippen molar-refractivity contribution in [3.05, 3.63) is 53.2 Å². The molecule has 9 nitrogen and oxygen atoms in total. The number of carbonyl (C=O) groups excluding carboxylic acids is 2. The Balaban J connectivity index is 1.68. The molecule has 0 radical (unpaired) electrons. The predicted molar refractivity (Wildman–Crippen MR) is 116 cm³/mol. The molecule has 31 heavy (non-hydrogen) atoms. The number of rotatable bonds is 7. The molecule has 1 amide bonds. The highest BCUT2D eigenvalue weighted by molar-refractivity contribution is 5.96. The first-order valence-corrected chi connectivity index (χ1v) is 10.0. The highest BCUT2D eigenvalue weighted by Crippen LogP contribution is 2.23. The van der Waals surface area contributed by atoms with Crippen molar-refractivity contribution < 1.29 is 18.8 Å². The van der Waals surface area contributed by atoms with Gasteiger partial charge in [-0.2, -0.15) is 5.10 Å². The van der Waals surface area contributed by atoms with Gasteiger partial charge in [-0.1, -0.05) is 5.16 Å². The van der Waals surface area contributed by atoms with Crippen molar-refractivity contribution in [3.8, 4) is 5.82 Å². The van der Waals surface area contributed by atoms with Gasteiger partial charge in [-0.15, -0.1) is 0 Å². The predicted octanol–water partition coefficient (Wildman–Crippen LogP) is 3.75. The Morgan fingerprint density at radius 1 is 1.19 bits per heavy atom. The van der Waals surface area contributed by atoms with E-state index in [2.05, 4.69) is 34.0 Å². The lowest BCUT2D eigenvalue weighted by Gasteiger charge is -2.15. The smallest absolute Gasteiger partial charge is 0.331 e. The molecule has 3 aromatic heterocycles. The van der Waals surface area contributed by atoms with E-state index in [1.165, 1.54) is 13.0 Å². The van der Waals surface area contributed by atoms with E-state index < -0.39 is 18.0 Å². The van der Waals surface area contributed by atoms with Gasteiger partial charge >= 0.3 is 5.97 Å². The Bertz CT molecular complexity index is 1120. The molecule has 3 rings (SSSR count). The SMILES string of the molecule is Cc1cc(NC(=O)[C@@H](C)OC(=O)/C=C/c2cc(C)n(-c3ccnn3C(C)C)c2C)no1. The van der Waals surface area contributed by atoms with Crippen LogP contribution in [0.2, 0.25) is 0 Å². The van der Waals surface area contributed by atoms with Crippen molar-refractivity contribution in [1.82, 2.24) is 19.5 Å². The van der Waals surface area contributed by atoms with Crippen molar-refractivity contribution in [3.63, 3.8) is 0 Å². The first-order valence-electron chi connectivity index (χ1n) is 10.0. The van der Waals surface area contributed by atoms with Crippen LogP contribution in [-0.4, -0.2) is 37.5 Å². The zero-order chi connectivity index (χ0) is 22.7. The van der Waals surface area contributed by atoms with Crippen LogP contribution in [0, 0.1) is 20.8 Å². The first kappa shape index (κ1) is 22.1. The maximum absolute atomic E-state index is 12.2. The first-order chi connectivity index (χ1) is 14.7. The summed E-state index contributed by atoms with van der Waals surface area (Å²) < 4.78 is 14.1. The summed E-state index contributed by atoms with van der Waals surface area (Å²) in [5.74, 6) is 0.692. The summed E-state index contributed by atoms with van der Waals surface area (Å²) in [6, 6.07) is 5.74. The van der Waals surface area contributed by atoms with E-state index in [9.17, 15) is 9.59 Å². The van der Waals surface area contributed by atoms with Crippen molar-refractivity contribution in [2.24, 2.45) is 0 Å². The van der Waals surface area contributed by atoms with Crippen LogP contribution >= 0.6 is 0 Å². The van der Waals surface area contributed by atoms with Crippen LogP contribution < -0.4 is 5.32 Å². The summed E-state index contributed by atoms with van der Waals surface area (Å²) in [7, 11) is 0. The molecule has 0 saturated heterocycles. The van der Waals surface area contributed by atoms with Crippen LogP contribution in [0.4, 0.5) is 5.82 Å². The molecule has 3 aromatic rings. The summed E-state index contributed by atoms with van der Waals surface area (Å²) in [5, 5.41) is 10.6. The molecule has 0 aliphatic carbocycles. The second-order valence-corrected chi connectivity index (χ2v) is 7.61. The molecule has 9 heteroatoms. The zero-order valence-electron chi connectivity index (χ0n) is 18.5. The Morgan fingerprint density at radius 2 is 1.94 bits per heavy atom. The average molecular weight is 425 g/mol. The van der Waals surface area contributed by atoms with Gasteiger partial charge in [-0.3, -0.25) is 4.79 Å². The second-order valence-electron chi connectivity index (χ2n) is 7.61. The fourth-order valence-corrected chi connectivity index (χ4v) is 3.27. The van der Waals surface area contributed by atoms with Gasteiger partial charge in [0.15, 0.2) is 11.9 Å². The molecule has 0 unspecified atom stereocenters. The van der Waals surface area contributed by atoms with Crippen molar-refractivity contribution >= 4 is 23.8 Å². The normalized spacial score (nSPS) is 12.5. The summed E-state index contributed by atoms with van der Waals surface area (Å²) in [6.07, 6.45) is 3.79. The van der Waals surface area contributed by atoms with Crippen molar-refractivity contribution in [2.75, 3.05) is 5.32 Å². The molecule has 0 bridgehead atoms. The number of nitrogens with zero attached hydrogens (tertiary/aromatic N) is 4. The lowest BCUT2D eigenvalue weighted by atomic mass is 10.2. The molecule has 0 fully saturated rings. The van der Waals surface area contributed by atoms with E-state index in [0.29, 0.717) is 5.76 Å².